The maximum absolute atomic E-state index is 11.9. The van der Waals surface area contributed by atoms with Gasteiger partial charge in [-0.05, 0) is 20.0 Å². The Bertz CT molecular complexity index is 204. The number of carbonyl (C=O) groups is 1. The number of likely N-dealkylation sites (N-methyl/N-ethyl adjacent to an activating group) is 1. The molecule has 0 radical (unpaired) electrons. The molecule has 1 atom stereocenters. The van der Waals surface area contributed by atoms with Crippen LogP contribution in [-0.2, 0) is 4.79 Å². The smallest absolute Gasteiger partial charge is 0.237 e. The Labute approximate surface area is 92.4 Å². The van der Waals surface area contributed by atoms with Crippen molar-refractivity contribution >= 4 is 5.91 Å². The van der Waals surface area contributed by atoms with Crippen LogP contribution in [0, 0.1) is 11.8 Å². The molecule has 1 rings (SSSR count). The number of carbonyl (C=O) groups excluding carboxylic acids is 1. The van der Waals surface area contributed by atoms with Crippen LogP contribution in [0.4, 0.5) is 0 Å². The molecule has 0 saturated carbocycles. The molecule has 1 aliphatic heterocycles. The van der Waals surface area contributed by atoms with Crippen LogP contribution in [-0.4, -0.2) is 50.6 Å². The number of hydrogen-bond acceptors (Lipinski definition) is 3. The van der Waals surface area contributed by atoms with Crippen LogP contribution in [0.3, 0.4) is 0 Å². The number of amides is 1. The number of hydrogen-bond donors (Lipinski definition) is 2. The average molecular weight is 213 g/mol. The fourth-order valence-corrected chi connectivity index (χ4v) is 1.98. The fourth-order valence-electron chi connectivity index (χ4n) is 1.98. The average Bonchev–Trinajstić information content (AvgIpc) is 1.99. The second-order valence-corrected chi connectivity index (χ2v) is 4.92. The van der Waals surface area contributed by atoms with E-state index in [-0.39, 0.29) is 11.9 Å². The second-order valence-electron chi connectivity index (χ2n) is 4.92. The van der Waals surface area contributed by atoms with Gasteiger partial charge in [-0.15, -0.1) is 0 Å². The van der Waals surface area contributed by atoms with E-state index in [4.69, 9.17) is 0 Å². The molecule has 2 N–H and O–H groups in total. The maximum Gasteiger partial charge on any atom is 0.237 e. The third-order valence-electron chi connectivity index (χ3n) is 2.89. The van der Waals surface area contributed by atoms with Gasteiger partial charge < -0.3 is 10.6 Å². The molecule has 1 unspecified atom stereocenters. The van der Waals surface area contributed by atoms with Gasteiger partial charge in [0.2, 0.25) is 5.91 Å². The summed E-state index contributed by atoms with van der Waals surface area (Å²) in [6.07, 6.45) is 0. The highest BCUT2D eigenvalue weighted by Gasteiger charge is 2.25. The van der Waals surface area contributed by atoms with E-state index in [9.17, 15) is 4.79 Å². The predicted octanol–water partition coefficient (Wildman–Crippen LogP) is -0.0918. The van der Waals surface area contributed by atoms with Crippen LogP contribution >= 0.6 is 0 Å². The summed E-state index contributed by atoms with van der Waals surface area (Å²) in [4.78, 5) is 13.9. The van der Waals surface area contributed by atoms with Gasteiger partial charge in [-0.25, -0.2) is 0 Å². The van der Waals surface area contributed by atoms with Gasteiger partial charge in [0.1, 0.15) is 0 Å². The normalized spacial score (nSPS) is 19.1. The highest BCUT2D eigenvalue weighted by atomic mass is 16.2. The van der Waals surface area contributed by atoms with Gasteiger partial charge in [0, 0.05) is 25.6 Å². The van der Waals surface area contributed by atoms with Gasteiger partial charge in [0.25, 0.3) is 0 Å². The fraction of sp³-hybridized carbons (Fsp3) is 0.909. The SMILES string of the molecule is CC(C)C(C(=O)NCC1CNC1)N(C)C. The van der Waals surface area contributed by atoms with E-state index in [1.165, 1.54) is 0 Å². The van der Waals surface area contributed by atoms with Crippen molar-refractivity contribution in [2.45, 2.75) is 19.9 Å². The molecule has 0 bridgehead atoms. The minimum atomic E-state index is -0.0157. The number of nitrogens with zero attached hydrogens (tertiary/aromatic N) is 1. The minimum absolute atomic E-state index is 0.0157. The van der Waals surface area contributed by atoms with Gasteiger partial charge >= 0.3 is 0 Å². The Balaban J connectivity index is 2.34. The molecule has 88 valence electrons. The van der Waals surface area contributed by atoms with Gasteiger partial charge in [0.15, 0.2) is 0 Å². The molecule has 1 amide bonds. The van der Waals surface area contributed by atoms with Crippen LogP contribution in [0.1, 0.15) is 13.8 Å². The van der Waals surface area contributed by atoms with E-state index in [0.717, 1.165) is 19.6 Å². The third kappa shape index (κ3) is 3.47. The highest BCUT2D eigenvalue weighted by Crippen LogP contribution is 2.08. The molecule has 4 nitrogen and oxygen atoms in total. The molecule has 0 aliphatic carbocycles. The van der Waals surface area contributed by atoms with E-state index >= 15 is 0 Å². The zero-order chi connectivity index (χ0) is 11.4. The number of nitrogens with one attached hydrogen (secondary N) is 2. The zero-order valence-corrected chi connectivity index (χ0v) is 10.2. The van der Waals surface area contributed by atoms with Gasteiger partial charge in [-0.3, -0.25) is 9.69 Å². The summed E-state index contributed by atoms with van der Waals surface area (Å²) >= 11 is 0. The lowest BCUT2D eigenvalue weighted by Gasteiger charge is -2.30. The zero-order valence-electron chi connectivity index (χ0n) is 10.2. The Kier molecular flexibility index (Phi) is 4.54. The second kappa shape index (κ2) is 5.47. The van der Waals surface area contributed by atoms with Gasteiger partial charge in [0.05, 0.1) is 6.04 Å². The van der Waals surface area contributed by atoms with Crippen LogP contribution in [0.2, 0.25) is 0 Å². The van der Waals surface area contributed by atoms with Crippen molar-refractivity contribution in [3.05, 3.63) is 0 Å². The van der Waals surface area contributed by atoms with Crippen molar-refractivity contribution in [1.29, 1.82) is 0 Å². The van der Waals surface area contributed by atoms with Crippen molar-refractivity contribution < 1.29 is 4.79 Å². The number of rotatable bonds is 5. The summed E-state index contributed by atoms with van der Waals surface area (Å²) < 4.78 is 0. The van der Waals surface area contributed by atoms with Crippen LogP contribution in [0.5, 0.6) is 0 Å². The first-order valence-corrected chi connectivity index (χ1v) is 5.67. The lowest BCUT2D eigenvalue weighted by molar-refractivity contribution is -0.127. The molecule has 1 saturated heterocycles. The molecule has 1 fully saturated rings. The largest absolute Gasteiger partial charge is 0.354 e. The van der Waals surface area contributed by atoms with Crippen LogP contribution in [0.15, 0.2) is 0 Å². The van der Waals surface area contributed by atoms with Crippen molar-refractivity contribution in [2.75, 3.05) is 33.7 Å². The predicted molar refractivity (Wildman–Crippen MR) is 61.7 cm³/mol. The van der Waals surface area contributed by atoms with E-state index in [2.05, 4.69) is 24.5 Å². The van der Waals surface area contributed by atoms with Gasteiger partial charge in [-0.1, -0.05) is 13.8 Å². The van der Waals surface area contributed by atoms with Crippen LogP contribution in [0.25, 0.3) is 0 Å². The summed E-state index contributed by atoms with van der Waals surface area (Å²) in [5.74, 6) is 1.13. The molecule has 15 heavy (non-hydrogen) atoms. The molecule has 0 aromatic rings. The molecule has 1 heterocycles. The lowest BCUT2D eigenvalue weighted by Crippen LogP contribution is -2.52. The van der Waals surface area contributed by atoms with Gasteiger partial charge in [-0.2, -0.15) is 0 Å². The minimum Gasteiger partial charge on any atom is -0.354 e. The molecule has 4 heteroatoms. The molecular weight excluding hydrogens is 190 g/mol. The van der Waals surface area contributed by atoms with Crippen molar-refractivity contribution in [3.8, 4) is 0 Å². The Morgan fingerprint density at radius 2 is 2.07 bits per heavy atom. The van der Waals surface area contributed by atoms with E-state index in [0.29, 0.717) is 11.8 Å². The van der Waals surface area contributed by atoms with Crippen molar-refractivity contribution in [3.63, 3.8) is 0 Å². The molecule has 0 aromatic carbocycles. The first kappa shape index (κ1) is 12.5. The Morgan fingerprint density at radius 3 is 2.40 bits per heavy atom. The first-order chi connectivity index (χ1) is 7.02. The Hall–Kier alpha value is -0.610. The van der Waals surface area contributed by atoms with E-state index in [1.807, 2.05) is 19.0 Å². The summed E-state index contributed by atoms with van der Waals surface area (Å²) in [7, 11) is 3.91. The van der Waals surface area contributed by atoms with Crippen molar-refractivity contribution in [2.24, 2.45) is 11.8 Å². The highest BCUT2D eigenvalue weighted by molar-refractivity contribution is 5.81. The molecular formula is C11H23N3O. The summed E-state index contributed by atoms with van der Waals surface area (Å²) in [6, 6.07) is -0.0157. The molecule has 0 spiro atoms. The lowest BCUT2D eigenvalue weighted by atomic mass is 10.0. The van der Waals surface area contributed by atoms with Crippen molar-refractivity contribution in [1.82, 2.24) is 15.5 Å². The van der Waals surface area contributed by atoms with Crippen LogP contribution < -0.4 is 10.6 Å². The Morgan fingerprint density at radius 1 is 1.47 bits per heavy atom. The summed E-state index contributed by atoms with van der Waals surface area (Å²) in [5.41, 5.74) is 0. The third-order valence-corrected chi connectivity index (χ3v) is 2.89. The molecule has 0 aromatic heterocycles. The summed E-state index contributed by atoms with van der Waals surface area (Å²) in [6.45, 7) is 7.04. The first-order valence-electron chi connectivity index (χ1n) is 5.67. The molecule has 1 aliphatic rings. The monoisotopic (exact) mass is 213 g/mol. The topological polar surface area (TPSA) is 44.4 Å². The van der Waals surface area contributed by atoms with E-state index < -0.39 is 0 Å². The summed E-state index contributed by atoms with van der Waals surface area (Å²) in [5, 5.41) is 6.22. The standard InChI is InChI=1S/C11H23N3O/c1-8(2)10(14(3)4)11(15)13-7-9-5-12-6-9/h8-10,12H,5-7H2,1-4H3,(H,13,15). The quantitative estimate of drug-likeness (QED) is 0.671. The maximum atomic E-state index is 11.9. The van der Waals surface area contributed by atoms with E-state index in [1.54, 1.807) is 0 Å².